The van der Waals surface area contributed by atoms with Crippen LogP contribution in [-0.2, 0) is 4.79 Å². The molecule has 0 fully saturated rings. The molecule has 0 amide bonds. The second-order valence-corrected chi connectivity index (χ2v) is 5.71. The highest BCUT2D eigenvalue weighted by Gasteiger charge is 2.11. The number of carboxylic acids is 1. The molecule has 0 radical (unpaired) electrons. The molecule has 0 aliphatic carbocycles. The van der Waals surface area contributed by atoms with E-state index in [0.29, 0.717) is 6.42 Å². The van der Waals surface area contributed by atoms with Crippen LogP contribution < -0.4 is 0 Å². The van der Waals surface area contributed by atoms with E-state index in [4.69, 9.17) is 5.11 Å². The maximum absolute atomic E-state index is 10.3. The van der Waals surface area contributed by atoms with Crippen molar-refractivity contribution in [3.63, 3.8) is 0 Å². The first-order chi connectivity index (χ1) is 10.6. The summed E-state index contributed by atoms with van der Waals surface area (Å²) in [6.07, 6.45) is 14.8. The summed E-state index contributed by atoms with van der Waals surface area (Å²) in [6, 6.07) is 0. The lowest BCUT2D eigenvalue weighted by molar-refractivity contribution is -0.137. The fourth-order valence-electron chi connectivity index (χ4n) is 2.13. The van der Waals surface area contributed by atoms with Crippen molar-refractivity contribution >= 4 is 5.97 Å². The van der Waals surface area contributed by atoms with Crippen molar-refractivity contribution in [2.75, 3.05) is 0 Å². The highest BCUT2D eigenvalue weighted by molar-refractivity contribution is 5.66. The monoisotopic (exact) mass is 312 g/mol. The Morgan fingerprint density at radius 2 is 1.68 bits per heavy atom. The average Bonchev–Trinajstić information content (AvgIpc) is 2.49. The molecular weight excluding hydrogens is 280 g/mol. The molecule has 0 aliphatic rings. The van der Waals surface area contributed by atoms with E-state index < -0.39 is 18.2 Å². The summed E-state index contributed by atoms with van der Waals surface area (Å²) in [5, 5.41) is 27.9. The van der Waals surface area contributed by atoms with Gasteiger partial charge in [0.1, 0.15) is 0 Å². The molecule has 0 rings (SSSR count). The third kappa shape index (κ3) is 13.8. The predicted molar refractivity (Wildman–Crippen MR) is 89.8 cm³/mol. The molecule has 0 aromatic rings. The van der Waals surface area contributed by atoms with Gasteiger partial charge in [-0.25, -0.2) is 0 Å². The number of hydrogen-bond donors (Lipinski definition) is 3. The minimum absolute atomic E-state index is 0.275. The standard InChI is InChI=1S/C18H32O4/c1-2-3-13-16(19)17(20)14-11-9-7-5-4-6-8-10-12-15-18(21)22/h7,9,11,14,16-17,19-20H,2-6,8,10,12-13,15H2,1H3,(H,21,22)/b9-7+,14-11+/t16-,17+/m0/s1. The van der Waals surface area contributed by atoms with Gasteiger partial charge in [0.15, 0.2) is 0 Å². The number of carbonyl (C=O) groups is 1. The largest absolute Gasteiger partial charge is 0.481 e. The number of carboxylic acid groups (broad SMARTS) is 1. The fourth-order valence-corrected chi connectivity index (χ4v) is 2.13. The predicted octanol–water partition coefficient (Wildman–Crippen LogP) is 3.83. The lowest BCUT2D eigenvalue weighted by Crippen LogP contribution is -2.23. The van der Waals surface area contributed by atoms with Crippen LogP contribution in [-0.4, -0.2) is 33.5 Å². The summed E-state index contributed by atoms with van der Waals surface area (Å²) in [6.45, 7) is 2.06. The first kappa shape index (κ1) is 20.9. The van der Waals surface area contributed by atoms with Gasteiger partial charge >= 0.3 is 5.97 Å². The summed E-state index contributed by atoms with van der Waals surface area (Å²) < 4.78 is 0. The molecule has 0 aliphatic heterocycles. The Morgan fingerprint density at radius 1 is 1.00 bits per heavy atom. The Bertz CT molecular complexity index is 323. The molecule has 3 N–H and O–H groups in total. The number of rotatable bonds is 14. The molecule has 0 spiro atoms. The molecule has 0 aromatic heterocycles. The number of hydrogen-bond acceptors (Lipinski definition) is 3. The van der Waals surface area contributed by atoms with E-state index in [-0.39, 0.29) is 6.42 Å². The van der Waals surface area contributed by atoms with Crippen molar-refractivity contribution in [1.29, 1.82) is 0 Å². The van der Waals surface area contributed by atoms with Gasteiger partial charge < -0.3 is 15.3 Å². The van der Waals surface area contributed by atoms with Crippen LogP contribution in [0.4, 0.5) is 0 Å². The summed E-state index contributed by atoms with van der Waals surface area (Å²) in [7, 11) is 0. The Morgan fingerprint density at radius 3 is 2.36 bits per heavy atom. The molecule has 0 heterocycles. The normalized spacial score (nSPS) is 14.7. The SMILES string of the molecule is CCCC[C@H](O)[C@H](O)/C=C/C=C/CCCCCCCC(=O)O. The summed E-state index contributed by atoms with van der Waals surface area (Å²) >= 11 is 0. The Kier molecular flexibility index (Phi) is 14.0. The first-order valence-electron chi connectivity index (χ1n) is 8.49. The zero-order chi connectivity index (χ0) is 16.6. The van der Waals surface area contributed by atoms with Crippen molar-refractivity contribution in [2.45, 2.75) is 83.3 Å². The summed E-state index contributed by atoms with van der Waals surface area (Å²) in [5.41, 5.74) is 0. The molecule has 0 bridgehead atoms. The van der Waals surface area contributed by atoms with Gasteiger partial charge in [-0.1, -0.05) is 63.3 Å². The van der Waals surface area contributed by atoms with Gasteiger partial charge in [-0.15, -0.1) is 0 Å². The maximum atomic E-state index is 10.3. The number of aliphatic hydroxyl groups is 2. The van der Waals surface area contributed by atoms with Crippen LogP contribution in [0.3, 0.4) is 0 Å². The van der Waals surface area contributed by atoms with Crippen molar-refractivity contribution < 1.29 is 20.1 Å². The van der Waals surface area contributed by atoms with Crippen molar-refractivity contribution in [3.8, 4) is 0 Å². The summed E-state index contributed by atoms with van der Waals surface area (Å²) in [4.78, 5) is 10.3. The number of aliphatic carboxylic acids is 1. The first-order valence-corrected chi connectivity index (χ1v) is 8.49. The van der Waals surface area contributed by atoms with E-state index in [2.05, 4.69) is 13.0 Å². The minimum Gasteiger partial charge on any atom is -0.481 e. The van der Waals surface area contributed by atoms with Crippen molar-refractivity contribution in [3.05, 3.63) is 24.3 Å². The molecule has 4 nitrogen and oxygen atoms in total. The zero-order valence-electron chi connectivity index (χ0n) is 13.8. The third-order valence-electron chi connectivity index (χ3n) is 3.56. The van der Waals surface area contributed by atoms with Crippen LogP contribution in [0.25, 0.3) is 0 Å². The number of allylic oxidation sites excluding steroid dienone is 3. The van der Waals surface area contributed by atoms with Crippen LogP contribution in [0, 0.1) is 0 Å². The zero-order valence-corrected chi connectivity index (χ0v) is 13.8. The van der Waals surface area contributed by atoms with Gasteiger partial charge in [-0.2, -0.15) is 0 Å². The van der Waals surface area contributed by atoms with Crippen LogP contribution in [0.5, 0.6) is 0 Å². The number of unbranched alkanes of at least 4 members (excludes halogenated alkanes) is 6. The van der Waals surface area contributed by atoms with E-state index in [0.717, 1.165) is 51.4 Å². The smallest absolute Gasteiger partial charge is 0.303 e. The molecule has 22 heavy (non-hydrogen) atoms. The maximum Gasteiger partial charge on any atom is 0.303 e. The van der Waals surface area contributed by atoms with Crippen molar-refractivity contribution in [2.24, 2.45) is 0 Å². The van der Waals surface area contributed by atoms with E-state index in [1.54, 1.807) is 12.2 Å². The van der Waals surface area contributed by atoms with Gasteiger partial charge in [0, 0.05) is 6.42 Å². The highest BCUT2D eigenvalue weighted by Crippen LogP contribution is 2.08. The lowest BCUT2D eigenvalue weighted by Gasteiger charge is -2.13. The molecule has 0 unspecified atom stereocenters. The van der Waals surface area contributed by atoms with E-state index in [1.165, 1.54) is 0 Å². The second-order valence-electron chi connectivity index (χ2n) is 5.71. The number of aliphatic hydroxyl groups excluding tert-OH is 2. The van der Waals surface area contributed by atoms with Gasteiger partial charge in [0.2, 0.25) is 0 Å². The van der Waals surface area contributed by atoms with E-state index in [9.17, 15) is 15.0 Å². The molecule has 128 valence electrons. The van der Waals surface area contributed by atoms with E-state index >= 15 is 0 Å². The van der Waals surface area contributed by atoms with Gasteiger partial charge in [-0.3, -0.25) is 4.79 Å². The Balaban J connectivity index is 3.53. The van der Waals surface area contributed by atoms with Gasteiger partial charge in [-0.05, 0) is 25.7 Å². The van der Waals surface area contributed by atoms with Crippen LogP contribution in [0.1, 0.15) is 71.1 Å². The molecular formula is C18H32O4. The van der Waals surface area contributed by atoms with E-state index in [1.807, 2.05) is 6.08 Å². The second kappa shape index (κ2) is 14.8. The molecule has 0 saturated carbocycles. The minimum atomic E-state index is -0.787. The molecule has 0 saturated heterocycles. The van der Waals surface area contributed by atoms with Crippen molar-refractivity contribution in [1.82, 2.24) is 0 Å². The topological polar surface area (TPSA) is 77.8 Å². The third-order valence-corrected chi connectivity index (χ3v) is 3.56. The lowest BCUT2D eigenvalue weighted by atomic mass is 10.1. The fraction of sp³-hybridized carbons (Fsp3) is 0.722. The quantitative estimate of drug-likeness (QED) is 0.336. The summed E-state index contributed by atoms with van der Waals surface area (Å²) in [5.74, 6) is -0.711. The van der Waals surface area contributed by atoms with Crippen LogP contribution in [0.2, 0.25) is 0 Å². The van der Waals surface area contributed by atoms with Gasteiger partial charge in [0.25, 0.3) is 0 Å². The van der Waals surface area contributed by atoms with Crippen LogP contribution in [0.15, 0.2) is 24.3 Å². The molecule has 0 aromatic carbocycles. The molecule has 2 atom stereocenters. The average molecular weight is 312 g/mol. The Hall–Kier alpha value is -1.13. The van der Waals surface area contributed by atoms with Gasteiger partial charge in [0.05, 0.1) is 12.2 Å². The molecule has 4 heteroatoms. The Labute approximate surface area is 134 Å². The highest BCUT2D eigenvalue weighted by atomic mass is 16.4. The van der Waals surface area contributed by atoms with Crippen LogP contribution >= 0.6 is 0 Å².